The third kappa shape index (κ3) is 2.46. The molecule has 1 saturated carbocycles. The molecule has 3 nitrogen and oxygen atoms in total. The Morgan fingerprint density at radius 1 is 1.00 bits per heavy atom. The highest BCUT2D eigenvalue weighted by molar-refractivity contribution is 6.29. The second-order valence-corrected chi connectivity index (χ2v) is 6.13. The average Bonchev–Trinajstić information content (AvgIpc) is 2.40. The Labute approximate surface area is 114 Å². The molecule has 2 aliphatic rings. The largest absolute Gasteiger partial charge is 0.356 e. The predicted octanol–water partition coefficient (Wildman–Crippen LogP) is 3.68. The lowest BCUT2D eigenvalue weighted by atomic mass is 9.68. The van der Waals surface area contributed by atoms with E-state index in [1.165, 1.54) is 44.9 Å². The van der Waals surface area contributed by atoms with Crippen LogP contribution in [0.5, 0.6) is 0 Å². The lowest BCUT2D eigenvalue weighted by molar-refractivity contribution is 0.144. The minimum Gasteiger partial charge on any atom is -0.356 e. The molecule has 1 spiro atoms. The Kier molecular flexibility index (Phi) is 3.42. The van der Waals surface area contributed by atoms with Crippen LogP contribution < -0.4 is 4.90 Å². The minimum atomic E-state index is 0.540. The van der Waals surface area contributed by atoms with Gasteiger partial charge in [0.05, 0.1) is 0 Å². The monoisotopic (exact) mass is 265 g/mol. The zero-order valence-electron chi connectivity index (χ0n) is 10.7. The predicted molar refractivity (Wildman–Crippen MR) is 74.0 cm³/mol. The van der Waals surface area contributed by atoms with Gasteiger partial charge in [0.1, 0.15) is 17.3 Å². The fourth-order valence-electron chi connectivity index (χ4n) is 3.51. The van der Waals surface area contributed by atoms with E-state index in [0.717, 1.165) is 18.9 Å². The van der Waals surface area contributed by atoms with Gasteiger partial charge in [0.2, 0.25) is 0 Å². The maximum absolute atomic E-state index is 5.93. The maximum atomic E-state index is 5.93. The number of piperidine rings is 1. The van der Waals surface area contributed by atoms with Gasteiger partial charge < -0.3 is 4.90 Å². The average molecular weight is 266 g/mol. The first-order valence-electron chi connectivity index (χ1n) is 7.00. The number of hydrogen-bond acceptors (Lipinski definition) is 3. The van der Waals surface area contributed by atoms with Crippen LogP contribution >= 0.6 is 11.6 Å². The molecule has 0 atom stereocenters. The quantitative estimate of drug-likeness (QED) is 0.726. The summed E-state index contributed by atoms with van der Waals surface area (Å²) in [6, 6.07) is 1.88. The van der Waals surface area contributed by atoms with E-state index in [1.54, 1.807) is 6.33 Å². The molecule has 0 amide bonds. The van der Waals surface area contributed by atoms with E-state index in [-0.39, 0.29) is 0 Å². The summed E-state index contributed by atoms with van der Waals surface area (Å²) >= 11 is 5.93. The molecule has 0 radical (unpaired) electrons. The number of rotatable bonds is 1. The summed E-state index contributed by atoms with van der Waals surface area (Å²) in [6.07, 6.45) is 11.4. The Morgan fingerprint density at radius 3 is 2.39 bits per heavy atom. The Bertz CT molecular complexity index is 405. The second-order valence-electron chi connectivity index (χ2n) is 5.75. The second kappa shape index (κ2) is 5.04. The molecule has 2 fully saturated rings. The first-order valence-corrected chi connectivity index (χ1v) is 7.38. The van der Waals surface area contributed by atoms with Gasteiger partial charge in [-0.3, -0.25) is 0 Å². The van der Waals surface area contributed by atoms with Crippen LogP contribution in [-0.4, -0.2) is 23.1 Å². The molecule has 1 aromatic rings. The summed E-state index contributed by atoms with van der Waals surface area (Å²) in [5.74, 6) is 0.987. The van der Waals surface area contributed by atoms with E-state index in [4.69, 9.17) is 11.6 Å². The highest BCUT2D eigenvalue weighted by Gasteiger charge is 2.35. The molecular formula is C14H20ClN3. The Morgan fingerprint density at radius 2 is 1.72 bits per heavy atom. The van der Waals surface area contributed by atoms with Crippen LogP contribution in [0.15, 0.2) is 12.4 Å². The first kappa shape index (κ1) is 12.2. The zero-order valence-corrected chi connectivity index (χ0v) is 11.5. The molecular weight excluding hydrogens is 246 g/mol. The Balaban J connectivity index is 1.66. The minimum absolute atomic E-state index is 0.540. The van der Waals surface area contributed by atoms with Crippen LogP contribution in [0.25, 0.3) is 0 Å². The van der Waals surface area contributed by atoms with Gasteiger partial charge >= 0.3 is 0 Å². The normalized spacial score (nSPS) is 23.3. The van der Waals surface area contributed by atoms with E-state index in [2.05, 4.69) is 14.9 Å². The van der Waals surface area contributed by atoms with Crippen molar-refractivity contribution < 1.29 is 0 Å². The number of anilines is 1. The molecule has 1 aliphatic carbocycles. The maximum Gasteiger partial charge on any atom is 0.134 e. The summed E-state index contributed by atoms with van der Waals surface area (Å²) in [4.78, 5) is 10.6. The standard InChI is InChI=1S/C14H20ClN3/c15-12-10-13(17-11-16-12)18-8-6-14(7-9-18)4-2-1-3-5-14/h10-11H,1-9H2. The molecule has 1 aromatic heterocycles. The van der Waals surface area contributed by atoms with Gasteiger partial charge in [-0.1, -0.05) is 30.9 Å². The van der Waals surface area contributed by atoms with Gasteiger partial charge in [-0.15, -0.1) is 0 Å². The van der Waals surface area contributed by atoms with E-state index in [0.29, 0.717) is 10.6 Å². The Hall–Kier alpha value is -0.830. The van der Waals surface area contributed by atoms with Crippen LogP contribution in [0.3, 0.4) is 0 Å². The molecule has 4 heteroatoms. The number of halogens is 1. The molecule has 1 aliphatic heterocycles. The van der Waals surface area contributed by atoms with E-state index in [1.807, 2.05) is 6.07 Å². The van der Waals surface area contributed by atoms with Crippen molar-refractivity contribution in [2.45, 2.75) is 44.9 Å². The summed E-state index contributed by atoms with van der Waals surface area (Å²) in [5, 5.41) is 0.540. The van der Waals surface area contributed by atoms with Gasteiger partial charge in [0.15, 0.2) is 0 Å². The van der Waals surface area contributed by atoms with E-state index >= 15 is 0 Å². The molecule has 0 N–H and O–H groups in total. The van der Waals surface area contributed by atoms with Crippen molar-refractivity contribution in [3.05, 3.63) is 17.5 Å². The van der Waals surface area contributed by atoms with Crippen LogP contribution in [0, 0.1) is 5.41 Å². The van der Waals surface area contributed by atoms with Crippen LogP contribution in [-0.2, 0) is 0 Å². The molecule has 98 valence electrons. The van der Waals surface area contributed by atoms with Crippen molar-refractivity contribution in [2.75, 3.05) is 18.0 Å². The highest BCUT2D eigenvalue weighted by Crippen LogP contribution is 2.44. The fourth-order valence-corrected chi connectivity index (χ4v) is 3.65. The summed E-state index contributed by atoms with van der Waals surface area (Å²) in [7, 11) is 0. The number of hydrogen-bond donors (Lipinski definition) is 0. The third-order valence-corrected chi connectivity index (χ3v) is 4.89. The fraction of sp³-hybridized carbons (Fsp3) is 0.714. The third-order valence-electron chi connectivity index (χ3n) is 4.68. The molecule has 18 heavy (non-hydrogen) atoms. The SMILES string of the molecule is Clc1cc(N2CCC3(CCCCC3)CC2)ncn1. The van der Waals surface area contributed by atoms with Gasteiger partial charge in [-0.2, -0.15) is 0 Å². The smallest absolute Gasteiger partial charge is 0.134 e. The van der Waals surface area contributed by atoms with Crippen molar-refractivity contribution in [1.82, 2.24) is 9.97 Å². The first-order chi connectivity index (χ1) is 8.77. The van der Waals surface area contributed by atoms with Crippen LogP contribution in [0.1, 0.15) is 44.9 Å². The number of aromatic nitrogens is 2. The van der Waals surface area contributed by atoms with Crippen molar-refractivity contribution in [1.29, 1.82) is 0 Å². The van der Waals surface area contributed by atoms with E-state index in [9.17, 15) is 0 Å². The summed E-state index contributed by atoms with van der Waals surface area (Å²) in [6.45, 7) is 2.24. The molecule has 3 rings (SSSR count). The summed E-state index contributed by atoms with van der Waals surface area (Å²) < 4.78 is 0. The van der Waals surface area contributed by atoms with Crippen molar-refractivity contribution in [3.8, 4) is 0 Å². The van der Waals surface area contributed by atoms with Crippen molar-refractivity contribution >= 4 is 17.4 Å². The number of nitrogens with zero attached hydrogens (tertiary/aromatic N) is 3. The lowest BCUT2D eigenvalue weighted by Crippen LogP contribution is -2.41. The van der Waals surface area contributed by atoms with E-state index < -0.39 is 0 Å². The van der Waals surface area contributed by atoms with Crippen molar-refractivity contribution in [3.63, 3.8) is 0 Å². The zero-order chi connectivity index (χ0) is 12.4. The molecule has 0 unspecified atom stereocenters. The van der Waals surface area contributed by atoms with Gasteiger partial charge in [0.25, 0.3) is 0 Å². The van der Waals surface area contributed by atoms with Gasteiger partial charge in [-0.05, 0) is 31.1 Å². The van der Waals surface area contributed by atoms with Crippen molar-refractivity contribution in [2.24, 2.45) is 5.41 Å². The van der Waals surface area contributed by atoms with Crippen LogP contribution in [0.4, 0.5) is 5.82 Å². The molecule has 0 bridgehead atoms. The van der Waals surface area contributed by atoms with Gasteiger partial charge in [0, 0.05) is 19.2 Å². The molecule has 0 aromatic carbocycles. The van der Waals surface area contributed by atoms with Crippen LogP contribution in [0.2, 0.25) is 5.15 Å². The summed E-state index contributed by atoms with van der Waals surface area (Å²) in [5.41, 5.74) is 0.644. The molecule has 2 heterocycles. The van der Waals surface area contributed by atoms with Gasteiger partial charge in [-0.25, -0.2) is 9.97 Å². The topological polar surface area (TPSA) is 29.0 Å². The lowest BCUT2D eigenvalue weighted by Gasteiger charge is -2.44. The highest BCUT2D eigenvalue weighted by atomic mass is 35.5. The molecule has 1 saturated heterocycles.